The molecular weight excluding hydrogens is 319 g/mol. The second kappa shape index (κ2) is 8.31. The molecule has 0 aliphatic rings. The number of benzene rings is 1. The van der Waals surface area contributed by atoms with Gasteiger partial charge in [-0.2, -0.15) is 0 Å². The molecule has 0 saturated heterocycles. The molecule has 0 bridgehead atoms. The highest BCUT2D eigenvalue weighted by molar-refractivity contribution is 7.84. The highest BCUT2D eigenvalue weighted by Gasteiger charge is 2.12. The lowest BCUT2D eigenvalue weighted by atomic mass is 10.1. The van der Waals surface area contributed by atoms with Gasteiger partial charge in [-0.1, -0.05) is 17.7 Å². The minimum absolute atomic E-state index is 0.0294. The van der Waals surface area contributed by atoms with Gasteiger partial charge in [0.05, 0.1) is 11.1 Å². The van der Waals surface area contributed by atoms with Crippen LogP contribution in [0.25, 0.3) is 0 Å². The van der Waals surface area contributed by atoms with Gasteiger partial charge >= 0.3 is 6.03 Å². The molecule has 0 aromatic heterocycles. The van der Waals surface area contributed by atoms with Gasteiger partial charge in [0.25, 0.3) is 0 Å². The quantitative estimate of drug-likeness (QED) is 0.738. The Bertz CT molecular complexity index is 530. The highest BCUT2D eigenvalue weighted by atomic mass is 35.5. The maximum absolute atomic E-state index is 13.3. The van der Waals surface area contributed by atoms with Crippen molar-refractivity contribution in [3.63, 3.8) is 0 Å². The van der Waals surface area contributed by atoms with Crippen molar-refractivity contribution in [2.45, 2.75) is 18.3 Å². The van der Waals surface area contributed by atoms with Crippen LogP contribution in [0.1, 0.15) is 18.6 Å². The summed E-state index contributed by atoms with van der Waals surface area (Å²) >= 11 is 5.55. The smallest absolute Gasteiger partial charge is 0.314 e. The zero-order valence-corrected chi connectivity index (χ0v) is 13.3. The summed E-state index contributed by atoms with van der Waals surface area (Å²) in [6, 6.07) is 3.46. The lowest BCUT2D eigenvalue weighted by molar-refractivity contribution is 0.173. The first kappa shape index (κ1) is 17.9. The van der Waals surface area contributed by atoms with Crippen LogP contribution in [0.2, 0.25) is 5.02 Å². The second-order valence-corrected chi connectivity index (χ2v) is 6.80. The Hall–Kier alpha value is -1.18. The second-order valence-electron chi connectivity index (χ2n) is 4.59. The molecule has 1 rings (SSSR count). The van der Waals surface area contributed by atoms with E-state index >= 15 is 0 Å². The van der Waals surface area contributed by atoms with E-state index in [2.05, 4.69) is 10.6 Å². The average molecular weight is 337 g/mol. The van der Waals surface area contributed by atoms with E-state index in [0.29, 0.717) is 5.56 Å². The van der Waals surface area contributed by atoms with Crippen molar-refractivity contribution in [3.05, 3.63) is 34.6 Å². The maximum atomic E-state index is 13.3. The van der Waals surface area contributed by atoms with Gasteiger partial charge in [-0.05, 0) is 24.6 Å². The monoisotopic (exact) mass is 336 g/mol. The fourth-order valence-electron chi connectivity index (χ4n) is 1.44. The van der Waals surface area contributed by atoms with Crippen LogP contribution < -0.4 is 10.6 Å². The van der Waals surface area contributed by atoms with Crippen LogP contribution in [0.3, 0.4) is 0 Å². The third kappa shape index (κ3) is 5.99. The summed E-state index contributed by atoms with van der Waals surface area (Å²) in [5.74, 6) is -0.628. The number of carbonyl (C=O) groups is 1. The molecule has 0 saturated carbocycles. The van der Waals surface area contributed by atoms with Crippen molar-refractivity contribution in [1.82, 2.24) is 10.6 Å². The Balaban J connectivity index is 2.41. The summed E-state index contributed by atoms with van der Waals surface area (Å²) < 4.78 is 24.4. The van der Waals surface area contributed by atoms with Crippen molar-refractivity contribution >= 4 is 28.4 Å². The van der Waals surface area contributed by atoms with E-state index in [9.17, 15) is 18.5 Å². The molecule has 2 amide bonds. The first-order chi connectivity index (χ1) is 9.81. The molecule has 0 heterocycles. The molecule has 3 N–H and O–H groups in total. The fourth-order valence-corrected chi connectivity index (χ4v) is 1.88. The number of aliphatic hydroxyl groups excluding tert-OH is 1. The van der Waals surface area contributed by atoms with Crippen LogP contribution in [0.4, 0.5) is 9.18 Å². The number of amides is 2. The molecule has 0 fully saturated rings. The first-order valence-corrected chi connectivity index (χ1v) is 8.28. The maximum Gasteiger partial charge on any atom is 0.314 e. The third-order valence-electron chi connectivity index (χ3n) is 2.90. The standard InChI is InChI=1S/C13H18ClFN2O3S/c1-8(21(2)20)6-16-13(19)17-7-12(18)9-3-4-10(14)11(15)5-9/h3-5,8,12,18H,6-7H2,1-2H3,(H2,16,17,19)/t8-,12+,21-/m1/s1. The Kier molecular flexibility index (Phi) is 7.07. The van der Waals surface area contributed by atoms with Crippen molar-refractivity contribution < 1.29 is 18.5 Å². The summed E-state index contributed by atoms with van der Waals surface area (Å²) in [7, 11) is -1.02. The predicted octanol–water partition coefficient (Wildman–Crippen LogP) is 1.58. The number of urea groups is 1. The summed E-state index contributed by atoms with van der Waals surface area (Å²) in [6.45, 7) is 1.94. The molecule has 0 spiro atoms. The first-order valence-electron chi connectivity index (χ1n) is 6.28. The zero-order chi connectivity index (χ0) is 16.0. The number of rotatable bonds is 6. The summed E-state index contributed by atoms with van der Waals surface area (Å²) in [4.78, 5) is 11.5. The molecular formula is C13H18ClFN2O3S. The fraction of sp³-hybridized carbons (Fsp3) is 0.462. The predicted molar refractivity (Wildman–Crippen MR) is 81.3 cm³/mol. The molecule has 118 valence electrons. The van der Waals surface area contributed by atoms with Gasteiger partial charge in [0.2, 0.25) is 0 Å². The Labute approximate surface area is 130 Å². The molecule has 1 aromatic rings. The average Bonchev–Trinajstić information content (AvgIpc) is 2.44. The summed E-state index contributed by atoms with van der Waals surface area (Å²) in [5, 5.41) is 14.7. The molecule has 0 unspecified atom stereocenters. The zero-order valence-electron chi connectivity index (χ0n) is 11.7. The van der Waals surface area contributed by atoms with Crippen molar-refractivity contribution in [1.29, 1.82) is 0 Å². The number of halogens is 2. The number of hydrogen-bond donors (Lipinski definition) is 3. The Morgan fingerprint density at radius 2 is 2.05 bits per heavy atom. The largest absolute Gasteiger partial charge is 0.387 e. The molecule has 0 radical (unpaired) electrons. The van der Waals surface area contributed by atoms with E-state index in [1.807, 2.05) is 0 Å². The van der Waals surface area contributed by atoms with Crippen molar-refractivity contribution in [3.8, 4) is 0 Å². The van der Waals surface area contributed by atoms with Crippen molar-refractivity contribution in [2.75, 3.05) is 19.3 Å². The van der Waals surface area contributed by atoms with E-state index in [1.54, 1.807) is 13.2 Å². The van der Waals surface area contributed by atoms with E-state index in [0.717, 1.165) is 6.07 Å². The van der Waals surface area contributed by atoms with E-state index in [4.69, 9.17) is 11.6 Å². The summed E-state index contributed by atoms with van der Waals surface area (Å²) in [6.07, 6.45) is 0.517. The SMILES string of the molecule is C[C@H](CNC(=O)NC[C@H](O)c1ccc(Cl)c(F)c1)[S@@](C)=O. The van der Waals surface area contributed by atoms with Gasteiger partial charge in [-0.15, -0.1) is 0 Å². The summed E-state index contributed by atoms with van der Waals surface area (Å²) in [5.41, 5.74) is 0.320. The molecule has 0 aliphatic carbocycles. The van der Waals surface area contributed by atoms with E-state index in [1.165, 1.54) is 12.1 Å². The Morgan fingerprint density at radius 1 is 1.43 bits per heavy atom. The normalized spacial score (nSPS) is 15.1. The van der Waals surface area contributed by atoms with Gasteiger partial charge in [-0.25, -0.2) is 9.18 Å². The molecule has 1 aromatic carbocycles. The van der Waals surface area contributed by atoms with E-state index in [-0.39, 0.29) is 23.4 Å². The van der Waals surface area contributed by atoms with Crippen LogP contribution in [-0.4, -0.2) is 39.9 Å². The lowest BCUT2D eigenvalue weighted by Gasteiger charge is -2.14. The van der Waals surface area contributed by atoms with Crippen LogP contribution in [0.15, 0.2) is 18.2 Å². The minimum Gasteiger partial charge on any atom is -0.387 e. The Morgan fingerprint density at radius 3 is 2.62 bits per heavy atom. The molecule has 5 nitrogen and oxygen atoms in total. The number of carbonyl (C=O) groups excluding carboxylic acids is 1. The number of nitrogens with one attached hydrogen (secondary N) is 2. The molecule has 21 heavy (non-hydrogen) atoms. The topological polar surface area (TPSA) is 78.4 Å². The lowest BCUT2D eigenvalue weighted by Crippen LogP contribution is -2.41. The van der Waals surface area contributed by atoms with Crippen LogP contribution in [-0.2, 0) is 10.8 Å². The van der Waals surface area contributed by atoms with Crippen molar-refractivity contribution in [2.24, 2.45) is 0 Å². The molecule has 3 atom stereocenters. The van der Waals surface area contributed by atoms with Crippen LogP contribution >= 0.6 is 11.6 Å². The van der Waals surface area contributed by atoms with Gasteiger partial charge in [0.15, 0.2) is 0 Å². The number of hydrogen-bond acceptors (Lipinski definition) is 3. The minimum atomic E-state index is -1.04. The van der Waals surface area contributed by atoms with Gasteiger partial charge in [-0.3, -0.25) is 4.21 Å². The molecule has 8 heteroatoms. The van der Waals surface area contributed by atoms with Gasteiger partial charge < -0.3 is 15.7 Å². The van der Waals surface area contributed by atoms with Gasteiger partial charge in [0, 0.05) is 35.4 Å². The highest BCUT2D eigenvalue weighted by Crippen LogP contribution is 2.19. The molecule has 0 aliphatic heterocycles. The van der Waals surface area contributed by atoms with E-state index < -0.39 is 28.8 Å². The number of aliphatic hydroxyl groups is 1. The van der Waals surface area contributed by atoms with Crippen LogP contribution in [0.5, 0.6) is 0 Å². The third-order valence-corrected chi connectivity index (χ3v) is 4.51. The van der Waals surface area contributed by atoms with Crippen LogP contribution in [0, 0.1) is 5.82 Å². The van der Waals surface area contributed by atoms with Gasteiger partial charge in [0.1, 0.15) is 5.82 Å².